The van der Waals surface area contributed by atoms with E-state index in [0.717, 1.165) is 0 Å². The minimum atomic E-state index is -2.55. The monoisotopic (exact) mass is 383 g/mol. The van der Waals surface area contributed by atoms with Crippen molar-refractivity contribution in [1.82, 2.24) is 0 Å². The van der Waals surface area contributed by atoms with Gasteiger partial charge in [0.2, 0.25) is 11.7 Å². The Morgan fingerprint density at radius 2 is 1.86 bits per heavy atom. The number of aliphatic hydroxyl groups is 3. The molecule has 0 unspecified atom stereocenters. The number of rotatable bonds is 3. The van der Waals surface area contributed by atoms with Crippen LogP contribution in [0, 0.1) is 5.41 Å². The van der Waals surface area contributed by atoms with Crippen molar-refractivity contribution in [2.45, 2.75) is 40.9 Å². The number of halogens is 4. The molecular formula is C10H13Cl4NO6. The molecule has 0 saturated carbocycles. The van der Waals surface area contributed by atoms with E-state index in [1.54, 1.807) is 0 Å². The minimum Gasteiger partial charge on any atom is -0.435 e. The highest BCUT2D eigenvalue weighted by Crippen LogP contribution is 2.36. The van der Waals surface area contributed by atoms with Crippen LogP contribution in [0.2, 0.25) is 0 Å². The lowest BCUT2D eigenvalue weighted by Gasteiger charge is -2.46. The van der Waals surface area contributed by atoms with Crippen molar-refractivity contribution in [2.24, 2.45) is 0 Å². The summed E-state index contributed by atoms with van der Waals surface area (Å²) in [6.45, 7) is 1.32. The number of carbonyl (C=O) groups is 1. The first-order valence-corrected chi connectivity index (χ1v) is 7.30. The van der Waals surface area contributed by atoms with Gasteiger partial charge in [-0.1, -0.05) is 34.8 Å². The zero-order valence-corrected chi connectivity index (χ0v) is 13.6. The lowest BCUT2D eigenvalue weighted by Crippen LogP contribution is -2.69. The Kier molecular flexibility index (Phi) is 6.14. The van der Waals surface area contributed by atoms with Crippen LogP contribution in [-0.2, 0) is 14.3 Å². The van der Waals surface area contributed by atoms with Crippen LogP contribution in [-0.4, -0.2) is 66.9 Å². The van der Waals surface area contributed by atoms with Crippen LogP contribution < -0.4 is 0 Å². The third-order valence-corrected chi connectivity index (χ3v) is 3.68. The predicted octanol–water partition coefficient (Wildman–Crippen LogP) is 0.356. The molecule has 0 aromatic carbocycles. The van der Waals surface area contributed by atoms with Gasteiger partial charge in [-0.05, 0) is 6.92 Å². The van der Waals surface area contributed by atoms with E-state index in [2.05, 4.69) is 0 Å². The van der Waals surface area contributed by atoms with E-state index in [9.17, 15) is 20.1 Å². The summed E-state index contributed by atoms with van der Waals surface area (Å²) in [5.41, 5.74) is 0. The summed E-state index contributed by atoms with van der Waals surface area (Å²) in [6, 6.07) is 0. The molecule has 0 bridgehead atoms. The van der Waals surface area contributed by atoms with Crippen LogP contribution in [0.3, 0.4) is 0 Å². The summed E-state index contributed by atoms with van der Waals surface area (Å²) in [7, 11) is 0. The van der Waals surface area contributed by atoms with Crippen LogP contribution in [0.15, 0.2) is 0 Å². The molecule has 1 aliphatic rings. The van der Waals surface area contributed by atoms with Gasteiger partial charge in [0.25, 0.3) is 3.79 Å². The molecule has 21 heavy (non-hydrogen) atoms. The van der Waals surface area contributed by atoms with Crippen molar-refractivity contribution in [3.63, 3.8) is 0 Å². The highest BCUT2D eigenvalue weighted by atomic mass is 35.6. The third kappa shape index (κ3) is 3.73. The quantitative estimate of drug-likeness (QED) is 0.316. The first kappa shape index (κ1) is 19.2. The Hall–Kier alpha value is 0.140. The standard InChI is InChI=1S/C10H13Cl4NO6/c1-3-5(17)6(18)7(19)9(20-3,4(16)2-11)21-8(15)10(12,13)14/h3,5-7,15,17-19H,2H2,1H3/t3-,5-,6+,7+,9-/m0/s1. The zero-order valence-electron chi connectivity index (χ0n) is 10.6. The van der Waals surface area contributed by atoms with Gasteiger partial charge in [0.05, 0.1) is 12.0 Å². The van der Waals surface area contributed by atoms with Gasteiger partial charge < -0.3 is 24.8 Å². The molecule has 11 heteroatoms. The van der Waals surface area contributed by atoms with Crippen LogP contribution >= 0.6 is 46.4 Å². The van der Waals surface area contributed by atoms with Crippen LogP contribution in [0.1, 0.15) is 6.92 Å². The van der Waals surface area contributed by atoms with Crippen molar-refractivity contribution < 1.29 is 29.6 Å². The van der Waals surface area contributed by atoms with E-state index < -0.39 is 51.6 Å². The van der Waals surface area contributed by atoms with Crippen molar-refractivity contribution in [3.8, 4) is 0 Å². The zero-order chi connectivity index (χ0) is 16.6. The third-order valence-electron chi connectivity index (χ3n) is 2.93. The van der Waals surface area contributed by atoms with Gasteiger partial charge in [0, 0.05) is 0 Å². The van der Waals surface area contributed by atoms with E-state index in [1.165, 1.54) is 6.92 Å². The average Bonchev–Trinajstić information content (AvgIpc) is 2.40. The van der Waals surface area contributed by atoms with Crippen molar-refractivity contribution in [1.29, 1.82) is 5.41 Å². The summed E-state index contributed by atoms with van der Waals surface area (Å²) in [5, 5.41) is 36.9. The van der Waals surface area contributed by atoms with Gasteiger partial charge >= 0.3 is 5.79 Å². The molecule has 4 N–H and O–H groups in total. The molecule has 0 aromatic heterocycles. The Morgan fingerprint density at radius 3 is 2.29 bits per heavy atom. The number of carbonyl (C=O) groups excluding carboxylic acids is 1. The summed E-state index contributed by atoms with van der Waals surface area (Å²) in [5.74, 6) is -5.24. The molecule has 1 heterocycles. The minimum absolute atomic E-state index is 0.667. The van der Waals surface area contributed by atoms with Gasteiger partial charge in [-0.25, -0.2) is 0 Å². The fraction of sp³-hybridized carbons (Fsp3) is 0.800. The first-order chi connectivity index (χ1) is 9.47. The lowest BCUT2D eigenvalue weighted by molar-refractivity contribution is -0.317. The van der Waals surface area contributed by atoms with Gasteiger partial charge in [0.15, 0.2) is 6.10 Å². The molecule has 0 amide bonds. The van der Waals surface area contributed by atoms with E-state index in [-0.39, 0.29) is 0 Å². The number of alkyl halides is 4. The van der Waals surface area contributed by atoms with Crippen molar-refractivity contribution in [3.05, 3.63) is 0 Å². The summed E-state index contributed by atoms with van der Waals surface area (Å²) < 4.78 is 7.74. The van der Waals surface area contributed by atoms with Crippen LogP contribution in [0.4, 0.5) is 0 Å². The molecule has 1 rings (SSSR count). The Labute approximate surface area is 140 Å². The first-order valence-electron chi connectivity index (χ1n) is 5.63. The summed E-state index contributed by atoms with van der Waals surface area (Å²) >= 11 is 21.8. The number of nitrogens with one attached hydrogen (secondary N) is 1. The summed E-state index contributed by atoms with van der Waals surface area (Å²) in [4.78, 5) is 12.0. The molecule has 1 fully saturated rings. The van der Waals surface area contributed by atoms with Crippen LogP contribution in [0.25, 0.3) is 0 Å². The number of hydrogen-bond acceptors (Lipinski definition) is 7. The largest absolute Gasteiger partial charge is 0.435 e. The average molecular weight is 385 g/mol. The molecule has 1 saturated heterocycles. The highest BCUT2D eigenvalue weighted by Gasteiger charge is 2.60. The lowest BCUT2D eigenvalue weighted by atomic mass is 9.90. The number of ether oxygens (including phenoxy) is 2. The SMILES string of the molecule is C[C@@H]1O[C@](OC(=N)C(Cl)(Cl)Cl)(C(=O)CCl)[C@H](O)[C@H](O)[C@H]1O. The number of aliphatic hydroxyl groups excluding tert-OH is 3. The Bertz CT molecular complexity index is 430. The second-order valence-corrected chi connectivity index (χ2v) is 6.95. The number of ketones is 1. The Morgan fingerprint density at radius 1 is 1.33 bits per heavy atom. The molecule has 122 valence electrons. The van der Waals surface area contributed by atoms with Crippen molar-refractivity contribution in [2.75, 3.05) is 5.88 Å². The molecule has 0 radical (unpaired) electrons. The molecule has 0 aromatic rings. The fourth-order valence-electron chi connectivity index (χ4n) is 1.78. The maximum absolute atomic E-state index is 12.0. The van der Waals surface area contributed by atoms with E-state index >= 15 is 0 Å². The topological polar surface area (TPSA) is 120 Å². The maximum atomic E-state index is 12.0. The molecule has 0 spiro atoms. The molecular weight excluding hydrogens is 372 g/mol. The fourth-order valence-corrected chi connectivity index (χ4v) is 2.08. The van der Waals surface area contributed by atoms with Gasteiger partial charge in [-0.15, -0.1) is 11.6 Å². The predicted molar refractivity (Wildman–Crippen MR) is 76.1 cm³/mol. The van der Waals surface area contributed by atoms with Gasteiger partial charge in [-0.2, -0.15) is 0 Å². The molecule has 1 aliphatic heterocycles. The van der Waals surface area contributed by atoms with Gasteiger partial charge in [-0.3, -0.25) is 10.2 Å². The normalized spacial score (nSPS) is 37.1. The molecule has 5 atom stereocenters. The number of hydrogen-bond donors (Lipinski definition) is 4. The van der Waals surface area contributed by atoms with E-state index in [0.29, 0.717) is 0 Å². The van der Waals surface area contributed by atoms with Crippen molar-refractivity contribution >= 4 is 58.1 Å². The van der Waals surface area contributed by atoms with Crippen LogP contribution in [0.5, 0.6) is 0 Å². The smallest absolute Gasteiger partial charge is 0.302 e. The Balaban J connectivity index is 3.21. The second kappa shape index (κ2) is 6.72. The summed E-state index contributed by atoms with van der Waals surface area (Å²) in [6.07, 6.45) is -6.42. The van der Waals surface area contributed by atoms with Gasteiger partial charge in [0.1, 0.15) is 12.2 Å². The maximum Gasteiger partial charge on any atom is 0.302 e. The molecule has 7 nitrogen and oxygen atoms in total. The molecule has 0 aliphatic carbocycles. The second-order valence-electron chi connectivity index (χ2n) is 4.40. The van der Waals surface area contributed by atoms with E-state index in [1.807, 2.05) is 0 Å². The van der Waals surface area contributed by atoms with E-state index in [4.69, 9.17) is 61.3 Å². The number of Topliss-reactive ketones (excluding diaryl/α,β-unsaturated/α-hetero) is 1. The highest BCUT2D eigenvalue weighted by molar-refractivity contribution is 6.76.